The Hall–Kier alpha value is -1.80. The number of benzene rings is 1. The summed E-state index contributed by atoms with van der Waals surface area (Å²) in [5, 5.41) is 2.73. The van der Waals surface area contributed by atoms with Crippen LogP contribution in [0.1, 0.15) is 21.7 Å². The molecule has 1 aromatic carbocycles. The molecule has 0 bridgehead atoms. The molecule has 1 amide bonds. The second-order valence-corrected chi connectivity index (χ2v) is 8.67. The van der Waals surface area contributed by atoms with Gasteiger partial charge in [-0.3, -0.25) is 14.6 Å². The van der Waals surface area contributed by atoms with E-state index in [9.17, 15) is 4.79 Å². The third-order valence-electron chi connectivity index (χ3n) is 4.70. The van der Waals surface area contributed by atoms with E-state index in [0.717, 1.165) is 59.5 Å². The monoisotopic (exact) mass is 401 g/mol. The minimum absolute atomic E-state index is 0.0442. The summed E-state index contributed by atoms with van der Waals surface area (Å²) in [5.74, 6) is 0.0442. The molecule has 1 aliphatic heterocycles. The fraction of sp³-hybridized carbons (Fsp3) is 0.400. The van der Waals surface area contributed by atoms with Crippen LogP contribution in [-0.2, 0) is 4.74 Å². The number of nitrogens with zero attached hydrogens (tertiary/aromatic N) is 3. The zero-order valence-electron chi connectivity index (χ0n) is 15.4. The number of fused-ring (bicyclic) bond motifs is 1. The molecule has 0 atom stereocenters. The first kappa shape index (κ1) is 18.6. The van der Waals surface area contributed by atoms with Gasteiger partial charge < -0.3 is 4.74 Å². The van der Waals surface area contributed by atoms with Crippen molar-refractivity contribution >= 4 is 43.9 Å². The molecule has 1 saturated heterocycles. The number of thiazole rings is 1. The van der Waals surface area contributed by atoms with Crippen molar-refractivity contribution in [3.63, 3.8) is 0 Å². The first-order chi connectivity index (χ1) is 13.2. The number of aromatic nitrogens is 1. The van der Waals surface area contributed by atoms with Crippen molar-refractivity contribution in [1.82, 2.24) is 9.88 Å². The number of hydrogen-bond acceptors (Lipinski definition) is 6. The van der Waals surface area contributed by atoms with Crippen molar-refractivity contribution in [2.24, 2.45) is 0 Å². The Balaban J connectivity index is 1.53. The third kappa shape index (κ3) is 4.38. The van der Waals surface area contributed by atoms with E-state index in [1.807, 2.05) is 28.5 Å². The number of thiophene rings is 1. The maximum absolute atomic E-state index is 13.1. The zero-order valence-corrected chi connectivity index (χ0v) is 17.0. The van der Waals surface area contributed by atoms with E-state index in [1.165, 1.54) is 16.9 Å². The molecule has 0 N–H and O–H groups in total. The van der Waals surface area contributed by atoms with Crippen LogP contribution in [0.4, 0.5) is 5.13 Å². The SMILES string of the molecule is Cc1ccc2nc(N(CCCN3CCOCC3)C(=O)c3cccs3)sc2c1. The van der Waals surface area contributed by atoms with Gasteiger partial charge in [0.15, 0.2) is 5.13 Å². The standard InChI is InChI=1S/C20H23N3O2S2/c1-15-5-6-16-18(14-15)27-20(21-16)23(19(24)17-4-2-13-26-17)8-3-7-22-9-11-25-12-10-22/h2,4-6,13-14H,3,7-12H2,1H3. The van der Waals surface area contributed by atoms with E-state index in [-0.39, 0.29) is 5.91 Å². The molecule has 3 heterocycles. The Morgan fingerprint density at radius 2 is 2.15 bits per heavy atom. The molecule has 0 aliphatic carbocycles. The van der Waals surface area contributed by atoms with Crippen molar-refractivity contribution in [2.45, 2.75) is 13.3 Å². The number of ether oxygens (including phenoxy) is 1. The Bertz CT molecular complexity index is 901. The molecular weight excluding hydrogens is 378 g/mol. The molecule has 3 aromatic rings. The summed E-state index contributed by atoms with van der Waals surface area (Å²) in [6.07, 6.45) is 0.923. The number of carbonyl (C=O) groups excluding carboxylic acids is 1. The maximum atomic E-state index is 13.1. The van der Waals surface area contributed by atoms with Crippen molar-refractivity contribution in [1.29, 1.82) is 0 Å². The summed E-state index contributed by atoms with van der Waals surface area (Å²) < 4.78 is 6.54. The van der Waals surface area contributed by atoms with Gasteiger partial charge in [-0.25, -0.2) is 4.98 Å². The number of morpholine rings is 1. The van der Waals surface area contributed by atoms with Crippen LogP contribution in [0.2, 0.25) is 0 Å². The predicted octanol–water partition coefficient (Wildman–Crippen LogP) is 4.04. The van der Waals surface area contributed by atoms with Gasteiger partial charge in [-0.15, -0.1) is 11.3 Å². The lowest BCUT2D eigenvalue weighted by Crippen LogP contribution is -2.39. The first-order valence-electron chi connectivity index (χ1n) is 9.23. The molecular formula is C20H23N3O2S2. The summed E-state index contributed by atoms with van der Waals surface area (Å²) in [4.78, 5) is 22.9. The van der Waals surface area contributed by atoms with Crippen LogP contribution in [-0.4, -0.2) is 55.2 Å². The Morgan fingerprint density at radius 3 is 2.93 bits per heavy atom. The lowest BCUT2D eigenvalue weighted by Gasteiger charge is -2.27. The zero-order chi connectivity index (χ0) is 18.6. The first-order valence-corrected chi connectivity index (χ1v) is 10.9. The lowest BCUT2D eigenvalue weighted by atomic mass is 10.2. The maximum Gasteiger partial charge on any atom is 0.270 e. The highest BCUT2D eigenvalue weighted by molar-refractivity contribution is 7.22. The summed E-state index contributed by atoms with van der Waals surface area (Å²) in [5.41, 5.74) is 2.17. The topological polar surface area (TPSA) is 45.7 Å². The quantitative estimate of drug-likeness (QED) is 0.625. The van der Waals surface area contributed by atoms with E-state index in [1.54, 1.807) is 11.3 Å². The number of anilines is 1. The highest BCUT2D eigenvalue weighted by Gasteiger charge is 2.22. The number of rotatable bonds is 6. The molecule has 0 saturated carbocycles. The largest absolute Gasteiger partial charge is 0.379 e. The summed E-state index contributed by atoms with van der Waals surface area (Å²) in [7, 11) is 0. The molecule has 1 aliphatic rings. The summed E-state index contributed by atoms with van der Waals surface area (Å²) >= 11 is 3.08. The summed E-state index contributed by atoms with van der Waals surface area (Å²) in [6, 6.07) is 10.0. The van der Waals surface area contributed by atoms with Crippen LogP contribution in [0, 0.1) is 6.92 Å². The van der Waals surface area contributed by atoms with Gasteiger partial charge in [-0.2, -0.15) is 0 Å². The molecule has 5 nitrogen and oxygen atoms in total. The van der Waals surface area contributed by atoms with Crippen LogP contribution in [0.3, 0.4) is 0 Å². The molecule has 27 heavy (non-hydrogen) atoms. The molecule has 2 aromatic heterocycles. The molecule has 1 fully saturated rings. The van der Waals surface area contributed by atoms with Crippen LogP contribution in [0.25, 0.3) is 10.2 Å². The minimum Gasteiger partial charge on any atom is -0.379 e. The average molecular weight is 402 g/mol. The fourth-order valence-electron chi connectivity index (χ4n) is 3.23. The molecule has 0 unspecified atom stereocenters. The Morgan fingerprint density at radius 1 is 1.30 bits per heavy atom. The van der Waals surface area contributed by atoms with Gasteiger partial charge in [0.05, 0.1) is 28.3 Å². The Kier molecular flexibility index (Phi) is 5.83. The molecule has 7 heteroatoms. The Labute approximate surface area is 167 Å². The molecule has 0 radical (unpaired) electrons. The van der Waals surface area contributed by atoms with Crippen molar-refractivity contribution in [3.8, 4) is 0 Å². The molecule has 0 spiro atoms. The second-order valence-electron chi connectivity index (χ2n) is 6.71. The van der Waals surface area contributed by atoms with E-state index < -0.39 is 0 Å². The van der Waals surface area contributed by atoms with Gasteiger partial charge in [-0.05, 0) is 42.5 Å². The smallest absolute Gasteiger partial charge is 0.270 e. The van der Waals surface area contributed by atoms with Crippen molar-refractivity contribution < 1.29 is 9.53 Å². The number of hydrogen-bond donors (Lipinski definition) is 0. The third-order valence-corrected chi connectivity index (χ3v) is 6.60. The highest BCUT2D eigenvalue weighted by Crippen LogP contribution is 2.31. The van der Waals surface area contributed by atoms with Gasteiger partial charge in [0.25, 0.3) is 5.91 Å². The van der Waals surface area contributed by atoms with E-state index in [0.29, 0.717) is 6.54 Å². The van der Waals surface area contributed by atoms with E-state index in [2.05, 4.69) is 24.0 Å². The van der Waals surface area contributed by atoms with Crippen molar-refractivity contribution in [2.75, 3.05) is 44.3 Å². The summed E-state index contributed by atoms with van der Waals surface area (Å²) in [6.45, 7) is 7.27. The van der Waals surface area contributed by atoms with Gasteiger partial charge in [0.1, 0.15) is 0 Å². The normalized spacial score (nSPS) is 15.3. The number of carbonyl (C=O) groups is 1. The second kappa shape index (κ2) is 8.48. The lowest BCUT2D eigenvalue weighted by molar-refractivity contribution is 0.0376. The van der Waals surface area contributed by atoms with Gasteiger partial charge in [-0.1, -0.05) is 23.5 Å². The van der Waals surface area contributed by atoms with Crippen LogP contribution in [0.5, 0.6) is 0 Å². The van der Waals surface area contributed by atoms with Crippen LogP contribution in [0.15, 0.2) is 35.7 Å². The van der Waals surface area contributed by atoms with Gasteiger partial charge >= 0.3 is 0 Å². The van der Waals surface area contributed by atoms with Gasteiger partial charge in [0.2, 0.25) is 0 Å². The highest BCUT2D eigenvalue weighted by atomic mass is 32.1. The van der Waals surface area contributed by atoms with Gasteiger partial charge in [0, 0.05) is 26.2 Å². The molecule has 4 rings (SSSR count). The predicted molar refractivity (Wildman–Crippen MR) is 112 cm³/mol. The van der Waals surface area contributed by atoms with Crippen LogP contribution >= 0.6 is 22.7 Å². The number of amides is 1. The average Bonchev–Trinajstić information content (AvgIpc) is 3.35. The van der Waals surface area contributed by atoms with Crippen molar-refractivity contribution in [3.05, 3.63) is 46.2 Å². The fourth-order valence-corrected chi connectivity index (χ4v) is 4.99. The minimum atomic E-state index is 0.0442. The van der Waals surface area contributed by atoms with E-state index >= 15 is 0 Å². The van der Waals surface area contributed by atoms with E-state index in [4.69, 9.17) is 9.72 Å². The van der Waals surface area contributed by atoms with Crippen LogP contribution < -0.4 is 4.90 Å². The molecule has 142 valence electrons. The number of aryl methyl sites for hydroxylation is 1.